The molecule has 4 atom stereocenters. The highest BCUT2D eigenvalue weighted by atomic mass is 19.2. The SMILES string of the molecule is COC(=O)[C@H]1CN(C(=O)OC(C)(C)C)[C@H](C)CN1c1c([N+](=O)[O-])c(=O)n(-c2c(C(C)C)ncnc2C(C)C)c2c(F)c(-c3c(F)cccc3OC)c(F)cc12.COc1cccc(F)c1-c1c(F)cc2c3c(c(=O)n(-c4c(C(C)C)ncnc4C(C)C)c2c1F)NC(=O)[C@H]1CN(C(=O)OC(C)(C)C)[C@H](C)CN31. The Morgan fingerprint density at radius 2 is 0.943 bits per heavy atom. The Labute approximate surface area is 606 Å². The highest BCUT2D eigenvalue weighted by Crippen LogP contribution is 2.49. The Hall–Kier alpha value is -10.9. The van der Waals surface area contributed by atoms with E-state index < -0.39 is 173 Å². The van der Waals surface area contributed by atoms with Crippen molar-refractivity contribution in [1.29, 1.82) is 0 Å². The van der Waals surface area contributed by atoms with E-state index in [-0.39, 0.29) is 88.0 Å². The molecule has 7 heterocycles. The molecular weight excluding hydrogens is 1390 g/mol. The maximum absolute atomic E-state index is 17.7. The monoisotopic (exact) mass is 1470 g/mol. The van der Waals surface area contributed by atoms with Gasteiger partial charge in [0.15, 0.2) is 11.6 Å². The van der Waals surface area contributed by atoms with Crippen molar-refractivity contribution in [3.05, 3.63) is 150 Å². The smallest absolute Gasteiger partial charge is 0.410 e. The van der Waals surface area contributed by atoms with Gasteiger partial charge < -0.3 is 48.6 Å². The van der Waals surface area contributed by atoms with Gasteiger partial charge in [-0.1, -0.05) is 67.5 Å². The first-order chi connectivity index (χ1) is 49.7. The lowest BCUT2D eigenvalue weighted by atomic mass is 9.95. The molecule has 0 unspecified atom stereocenters. The number of aromatic nitrogens is 6. The van der Waals surface area contributed by atoms with Crippen LogP contribution in [0, 0.1) is 45.0 Å². The normalized spacial score (nSPS) is 16.8. The number of anilines is 3. The molecule has 8 aromatic rings. The molecule has 3 aliphatic rings. The summed E-state index contributed by atoms with van der Waals surface area (Å²) in [7, 11) is 3.50. The summed E-state index contributed by atoms with van der Waals surface area (Å²) in [5.41, 5.74) is -8.22. The number of amides is 3. The molecule has 0 aliphatic carbocycles. The van der Waals surface area contributed by atoms with Gasteiger partial charge >= 0.3 is 29.4 Å². The van der Waals surface area contributed by atoms with Gasteiger partial charge in [0.25, 0.3) is 5.56 Å². The number of nitro groups is 1. The minimum Gasteiger partial charge on any atom is -0.496 e. The number of halogens is 6. The van der Waals surface area contributed by atoms with Crippen molar-refractivity contribution in [3.8, 4) is 45.1 Å². The van der Waals surface area contributed by atoms with Crippen LogP contribution in [-0.2, 0) is 23.8 Å². The van der Waals surface area contributed by atoms with Crippen LogP contribution >= 0.6 is 0 Å². The quantitative estimate of drug-likeness (QED) is 0.0369. The van der Waals surface area contributed by atoms with E-state index in [0.29, 0.717) is 11.4 Å². The van der Waals surface area contributed by atoms with E-state index in [9.17, 15) is 38.9 Å². The molecule has 3 amide bonds. The molecule has 2 saturated heterocycles. The second-order valence-corrected chi connectivity index (χ2v) is 29.4. The van der Waals surface area contributed by atoms with Gasteiger partial charge in [-0.25, -0.2) is 60.7 Å². The Morgan fingerprint density at radius 1 is 0.547 bits per heavy atom. The third-order valence-corrected chi connectivity index (χ3v) is 18.4. The second-order valence-electron chi connectivity index (χ2n) is 29.4. The summed E-state index contributed by atoms with van der Waals surface area (Å²) >= 11 is 0. The second kappa shape index (κ2) is 29.6. The third kappa shape index (κ3) is 14.1. The standard InChI is InChI=1S/C38H43F3N6O8.C37H41F3N6O5/c1-18(2)29-33(30(19(3)4)43-17-42-29)46-31-21(14-23(40)27(28(31)41)26-22(39)12-11-13-25(26)53-9)32(34(35(46)48)47(51)52)45-15-20(5)44(16-24(45)36(49)54-10)37(50)55-38(6,7)8;1-17(2)28-33(29(18(3)4)42-16-41-28)46-31-20(13-22(39)26(27(31)40)25-21(38)11-10-12-24(25)50-9)32-30(35(46)48)43-34(47)23-15-44(19(5)14-45(23)32)36(49)51-37(6,7)8/h11-14,17-20,24H,15-16H2,1-10H3;10-13,16-19,23H,14-15H2,1-9H3,(H,43,47)/t20-,24-;19-,23-/m11/s1. The Bertz CT molecular complexity index is 4960. The molecule has 3 aliphatic heterocycles. The molecule has 4 aromatic carbocycles. The van der Waals surface area contributed by atoms with Crippen molar-refractivity contribution in [2.45, 2.75) is 170 Å². The van der Waals surface area contributed by atoms with E-state index in [1.54, 1.807) is 88.0 Å². The first-order valence-corrected chi connectivity index (χ1v) is 34.3. The molecule has 0 bridgehead atoms. The minimum atomic E-state index is -1.53. The van der Waals surface area contributed by atoms with Crippen LogP contribution < -0.4 is 35.7 Å². The number of nitrogens with one attached hydrogen (secondary N) is 1. The average Bonchev–Trinajstić information content (AvgIpc) is 0.838. The molecule has 106 heavy (non-hydrogen) atoms. The summed E-state index contributed by atoms with van der Waals surface area (Å²) in [4.78, 5) is 119. The molecule has 0 saturated carbocycles. The van der Waals surface area contributed by atoms with Crippen LogP contribution in [0.1, 0.15) is 157 Å². The number of benzene rings is 4. The first-order valence-electron chi connectivity index (χ1n) is 34.3. The predicted octanol–water partition coefficient (Wildman–Crippen LogP) is 13.9. The van der Waals surface area contributed by atoms with Crippen LogP contribution in [0.4, 0.5) is 58.7 Å². The zero-order chi connectivity index (χ0) is 78.1. The van der Waals surface area contributed by atoms with Gasteiger partial charge in [-0.05, 0) is 115 Å². The van der Waals surface area contributed by atoms with Crippen molar-refractivity contribution >= 4 is 68.6 Å². The topological polar surface area (TPSA) is 278 Å². The Morgan fingerprint density at radius 3 is 1.33 bits per heavy atom. The average molecular weight is 1480 g/mol. The summed E-state index contributed by atoms with van der Waals surface area (Å²) in [6.07, 6.45) is 1.20. The molecule has 0 radical (unpaired) electrons. The zero-order valence-corrected chi connectivity index (χ0v) is 62.2. The van der Waals surface area contributed by atoms with Gasteiger partial charge in [-0.2, -0.15) is 0 Å². The number of piperazine rings is 2. The maximum Gasteiger partial charge on any atom is 0.410 e. The largest absolute Gasteiger partial charge is 0.496 e. The van der Waals surface area contributed by atoms with Gasteiger partial charge in [0.1, 0.15) is 82.1 Å². The van der Waals surface area contributed by atoms with Crippen LogP contribution in [0.25, 0.3) is 55.4 Å². The Kier molecular flexibility index (Phi) is 21.7. The molecule has 1 N–H and O–H groups in total. The van der Waals surface area contributed by atoms with E-state index >= 15 is 26.3 Å². The Balaban J connectivity index is 0.000000227. The summed E-state index contributed by atoms with van der Waals surface area (Å²) in [6, 6.07) is 5.22. The summed E-state index contributed by atoms with van der Waals surface area (Å²) in [5.74, 6) is -10.5. The number of ether oxygens (including phenoxy) is 5. The summed E-state index contributed by atoms with van der Waals surface area (Å²) in [5, 5.41) is 15.3. The molecule has 4 aromatic heterocycles. The van der Waals surface area contributed by atoms with Crippen LogP contribution in [-0.4, -0.2) is 151 Å². The maximum atomic E-state index is 17.7. The highest BCUT2D eigenvalue weighted by Gasteiger charge is 2.48. The molecule has 25 nitrogen and oxygen atoms in total. The summed E-state index contributed by atoms with van der Waals surface area (Å²) in [6.45, 7) is 26.9. The van der Waals surface area contributed by atoms with Crippen LogP contribution in [0.2, 0.25) is 0 Å². The minimum absolute atomic E-state index is 0.0257. The van der Waals surface area contributed by atoms with Gasteiger partial charge in [-0.3, -0.25) is 33.6 Å². The van der Waals surface area contributed by atoms with Gasteiger partial charge in [0.05, 0.1) is 112 Å². The lowest BCUT2D eigenvalue weighted by molar-refractivity contribution is -0.385. The zero-order valence-electron chi connectivity index (χ0n) is 62.2. The fourth-order valence-electron chi connectivity index (χ4n) is 13.8. The third-order valence-electron chi connectivity index (χ3n) is 18.4. The number of hydrogen-bond donors (Lipinski definition) is 1. The first kappa shape index (κ1) is 77.7. The molecule has 0 spiro atoms. The number of fused-ring (bicyclic) bond motifs is 6. The highest BCUT2D eigenvalue weighted by molar-refractivity contribution is 6.12. The lowest BCUT2D eigenvalue weighted by Crippen LogP contribution is -2.65. The van der Waals surface area contributed by atoms with E-state index in [0.717, 1.165) is 45.4 Å². The van der Waals surface area contributed by atoms with Crippen molar-refractivity contribution < 1.29 is 74.1 Å². The van der Waals surface area contributed by atoms with E-state index in [2.05, 4.69) is 25.3 Å². The number of rotatable bonds is 13. The molecule has 31 heteroatoms. The van der Waals surface area contributed by atoms with E-state index in [1.807, 2.05) is 27.7 Å². The van der Waals surface area contributed by atoms with Gasteiger partial charge in [0.2, 0.25) is 5.91 Å². The summed E-state index contributed by atoms with van der Waals surface area (Å²) < 4.78 is 128. The fraction of sp³-hybridized carbons (Fsp3) is 0.440. The van der Waals surface area contributed by atoms with E-state index in [1.165, 1.54) is 60.9 Å². The van der Waals surface area contributed by atoms with Crippen molar-refractivity contribution in [2.75, 3.05) is 62.6 Å². The number of hydrogen-bond acceptors (Lipinski definition) is 19. The molecular formula is C75H84F6N12O13. The number of pyridine rings is 2. The van der Waals surface area contributed by atoms with Crippen LogP contribution in [0.15, 0.2) is 70.8 Å². The lowest BCUT2D eigenvalue weighted by Gasteiger charge is -2.48. The molecule has 11 rings (SSSR count). The van der Waals surface area contributed by atoms with Crippen molar-refractivity contribution in [1.82, 2.24) is 38.9 Å². The molecule has 2 fully saturated rings. The number of nitrogens with zero attached hydrogens (tertiary/aromatic N) is 11. The number of methoxy groups -OCH3 is 3. The van der Waals surface area contributed by atoms with Crippen LogP contribution in [0.3, 0.4) is 0 Å². The number of esters is 1. The fourth-order valence-corrected chi connectivity index (χ4v) is 13.8. The van der Waals surface area contributed by atoms with Crippen molar-refractivity contribution in [2.24, 2.45) is 0 Å². The van der Waals surface area contributed by atoms with Crippen molar-refractivity contribution in [3.63, 3.8) is 0 Å². The number of carbonyl (C=O) groups excluding carboxylic acids is 4. The van der Waals surface area contributed by atoms with E-state index in [4.69, 9.17) is 23.7 Å². The van der Waals surface area contributed by atoms with Gasteiger partial charge in [0, 0.05) is 35.9 Å². The van der Waals surface area contributed by atoms with Crippen LogP contribution in [0.5, 0.6) is 11.5 Å². The number of carbonyl (C=O) groups is 4. The van der Waals surface area contributed by atoms with Gasteiger partial charge in [-0.15, -0.1) is 0 Å². The predicted molar refractivity (Wildman–Crippen MR) is 385 cm³/mol. The molecule has 564 valence electrons.